The van der Waals surface area contributed by atoms with Gasteiger partial charge in [0, 0.05) is 16.8 Å². The number of thiocarbonyl (C=S) groups is 1. The van der Waals surface area contributed by atoms with Gasteiger partial charge in [0.2, 0.25) is 5.91 Å². The lowest BCUT2D eigenvalue weighted by atomic mass is 10.1. The molecule has 23 heavy (non-hydrogen) atoms. The molecule has 0 bridgehead atoms. The fourth-order valence-corrected chi connectivity index (χ4v) is 2.23. The quantitative estimate of drug-likeness (QED) is 0.637. The van der Waals surface area contributed by atoms with E-state index < -0.39 is 0 Å². The number of anilines is 1. The van der Waals surface area contributed by atoms with Crippen molar-refractivity contribution in [3.8, 4) is 0 Å². The van der Waals surface area contributed by atoms with Crippen LogP contribution in [0.2, 0.25) is 5.02 Å². The van der Waals surface area contributed by atoms with Crippen LogP contribution in [0.25, 0.3) is 6.08 Å². The second-order valence-electron chi connectivity index (χ2n) is 5.15. The normalized spacial score (nSPS) is 10.6. The average Bonchev–Trinajstić information content (AvgIpc) is 2.50. The van der Waals surface area contributed by atoms with Crippen LogP contribution in [-0.4, -0.2) is 11.0 Å². The standard InChI is InChI=1S/C18H17ClN2OS/c1-12-3-6-14(7-4-12)8-10-17(22)21-18(23)20-15-9-5-13(2)16(19)11-15/h3-11H,1-2H3,(H2,20,21,22,23). The lowest BCUT2D eigenvalue weighted by molar-refractivity contribution is -0.115. The van der Waals surface area contributed by atoms with E-state index in [1.165, 1.54) is 11.6 Å². The summed E-state index contributed by atoms with van der Waals surface area (Å²) in [6.07, 6.45) is 3.18. The minimum Gasteiger partial charge on any atom is -0.332 e. The second-order valence-corrected chi connectivity index (χ2v) is 5.97. The van der Waals surface area contributed by atoms with E-state index in [1.807, 2.05) is 50.2 Å². The number of carbonyl (C=O) groups excluding carboxylic acids is 1. The molecule has 2 aromatic carbocycles. The highest BCUT2D eigenvalue weighted by Crippen LogP contribution is 2.19. The minimum absolute atomic E-state index is 0.225. The number of benzene rings is 2. The van der Waals surface area contributed by atoms with E-state index in [2.05, 4.69) is 10.6 Å². The predicted octanol–water partition coefficient (Wildman–Crippen LogP) is 4.48. The number of hydrogen-bond acceptors (Lipinski definition) is 2. The molecule has 0 atom stereocenters. The van der Waals surface area contributed by atoms with Crippen LogP contribution in [0.5, 0.6) is 0 Å². The topological polar surface area (TPSA) is 41.1 Å². The Morgan fingerprint density at radius 1 is 1.13 bits per heavy atom. The maximum Gasteiger partial charge on any atom is 0.250 e. The Hall–Kier alpha value is -2.17. The van der Waals surface area contributed by atoms with Crippen LogP contribution in [-0.2, 0) is 4.79 Å². The summed E-state index contributed by atoms with van der Waals surface area (Å²) < 4.78 is 0. The first-order valence-corrected chi connectivity index (χ1v) is 7.85. The molecule has 0 spiro atoms. The monoisotopic (exact) mass is 344 g/mol. The van der Waals surface area contributed by atoms with Crippen molar-refractivity contribution in [3.05, 3.63) is 70.3 Å². The zero-order chi connectivity index (χ0) is 16.8. The first-order chi connectivity index (χ1) is 10.9. The van der Waals surface area contributed by atoms with Gasteiger partial charge >= 0.3 is 0 Å². The molecule has 0 aliphatic heterocycles. The Morgan fingerprint density at radius 3 is 2.48 bits per heavy atom. The van der Waals surface area contributed by atoms with Crippen molar-refractivity contribution in [3.63, 3.8) is 0 Å². The second kappa shape index (κ2) is 7.90. The number of rotatable bonds is 3. The van der Waals surface area contributed by atoms with Gasteiger partial charge in [-0.2, -0.15) is 0 Å². The van der Waals surface area contributed by atoms with Crippen LogP contribution in [0.4, 0.5) is 5.69 Å². The number of nitrogens with one attached hydrogen (secondary N) is 2. The molecule has 118 valence electrons. The molecule has 2 rings (SSSR count). The number of halogens is 1. The van der Waals surface area contributed by atoms with E-state index in [-0.39, 0.29) is 11.0 Å². The summed E-state index contributed by atoms with van der Waals surface area (Å²) in [5, 5.41) is 6.39. The van der Waals surface area contributed by atoms with E-state index in [4.69, 9.17) is 23.8 Å². The Morgan fingerprint density at radius 2 is 1.83 bits per heavy atom. The Labute approximate surface area is 146 Å². The molecule has 0 aliphatic rings. The van der Waals surface area contributed by atoms with Crippen LogP contribution < -0.4 is 10.6 Å². The molecule has 2 N–H and O–H groups in total. The van der Waals surface area contributed by atoms with Gasteiger partial charge in [0.1, 0.15) is 0 Å². The minimum atomic E-state index is -0.290. The van der Waals surface area contributed by atoms with Gasteiger partial charge in [-0.25, -0.2) is 0 Å². The molecule has 0 heterocycles. The van der Waals surface area contributed by atoms with Crippen LogP contribution >= 0.6 is 23.8 Å². The average molecular weight is 345 g/mol. The summed E-state index contributed by atoms with van der Waals surface area (Å²) in [6.45, 7) is 3.93. The van der Waals surface area contributed by atoms with Crippen molar-refractivity contribution in [2.45, 2.75) is 13.8 Å². The molecule has 0 saturated carbocycles. The maximum atomic E-state index is 11.9. The number of amides is 1. The predicted molar refractivity (Wildman–Crippen MR) is 101 cm³/mol. The Balaban J connectivity index is 1.90. The van der Waals surface area contributed by atoms with Gasteiger partial charge in [0.15, 0.2) is 5.11 Å². The zero-order valence-electron chi connectivity index (χ0n) is 12.9. The van der Waals surface area contributed by atoms with Gasteiger partial charge in [-0.05, 0) is 55.4 Å². The molecule has 3 nitrogen and oxygen atoms in total. The molecular formula is C18H17ClN2OS. The highest BCUT2D eigenvalue weighted by molar-refractivity contribution is 7.80. The summed E-state index contributed by atoms with van der Waals surface area (Å²) in [4.78, 5) is 11.9. The molecule has 0 fully saturated rings. The van der Waals surface area contributed by atoms with Gasteiger partial charge in [0.05, 0.1) is 0 Å². The third-order valence-corrected chi connectivity index (χ3v) is 3.78. The summed E-state index contributed by atoms with van der Waals surface area (Å²) in [5.41, 5.74) is 3.84. The molecule has 0 aromatic heterocycles. The van der Waals surface area contributed by atoms with Crippen LogP contribution in [0.15, 0.2) is 48.5 Å². The van der Waals surface area contributed by atoms with Crippen molar-refractivity contribution < 1.29 is 4.79 Å². The fraction of sp³-hybridized carbons (Fsp3) is 0.111. The lowest BCUT2D eigenvalue weighted by Crippen LogP contribution is -2.32. The maximum absolute atomic E-state index is 11.9. The van der Waals surface area contributed by atoms with Gasteiger partial charge in [-0.1, -0.05) is 47.5 Å². The van der Waals surface area contributed by atoms with E-state index in [0.29, 0.717) is 5.02 Å². The van der Waals surface area contributed by atoms with Crippen molar-refractivity contribution in [1.82, 2.24) is 5.32 Å². The molecule has 0 radical (unpaired) electrons. The third-order valence-electron chi connectivity index (χ3n) is 3.17. The van der Waals surface area contributed by atoms with Gasteiger partial charge in [-0.15, -0.1) is 0 Å². The lowest BCUT2D eigenvalue weighted by Gasteiger charge is -2.09. The van der Waals surface area contributed by atoms with Crippen molar-refractivity contribution in [2.75, 3.05) is 5.32 Å². The summed E-state index contributed by atoms with van der Waals surface area (Å²) in [6, 6.07) is 13.4. The van der Waals surface area contributed by atoms with Gasteiger partial charge in [-0.3, -0.25) is 10.1 Å². The smallest absolute Gasteiger partial charge is 0.250 e. The molecular weight excluding hydrogens is 328 g/mol. The summed E-state index contributed by atoms with van der Waals surface area (Å²) in [5.74, 6) is -0.290. The van der Waals surface area contributed by atoms with Crippen molar-refractivity contribution in [2.24, 2.45) is 0 Å². The Kier molecular flexibility index (Phi) is 5.90. The zero-order valence-corrected chi connectivity index (χ0v) is 14.5. The molecule has 0 aliphatic carbocycles. The number of carbonyl (C=O) groups is 1. The van der Waals surface area contributed by atoms with Crippen molar-refractivity contribution in [1.29, 1.82) is 0 Å². The van der Waals surface area contributed by atoms with Crippen LogP contribution in [0.3, 0.4) is 0 Å². The highest BCUT2D eigenvalue weighted by Gasteiger charge is 2.03. The Bertz CT molecular complexity index is 754. The SMILES string of the molecule is Cc1ccc(C=CC(=O)NC(=S)Nc2ccc(C)c(Cl)c2)cc1. The van der Waals surface area contributed by atoms with Gasteiger partial charge in [0.25, 0.3) is 0 Å². The number of aryl methyl sites for hydroxylation is 2. The number of hydrogen-bond donors (Lipinski definition) is 2. The third kappa shape index (κ3) is 5.51. The molecule has 2 aromatic rings. The largest absolute Gasteiger partial charge is 0.332 e. The first kappa shape index (κ1) is 17.2. The highest BCUT2D eigenvalue weighted by atomic mass is 35.5. The van der Waals surface area contributed by atoms with Gasteiger partial charge < -0.3 is 5.32 Å². The van der Waals surface area contributed by atoms with Crippen molar-refractivity contribution >= 4 is 46.6 Å². The molecule has 5 heteroatoms. The summed E-state index contributed by atoms with van der Waals surface area (Å²) >= 11 is 11.2. The molecule has 1 amide bonds. The van der Waals surface area contributed by atoms with E-state index in [9.17, 15) is 4.79 Å². The van der Waals surface area contributed by atoms with Crippen LogP contribution in [0.1, 0.15) is 16.7 Å². The molecule has 0 unspecified atom stereocenters. The van der Waals surface area contributed by atoms with E-state index in [1.54, 1.807) is 12.1 Å². The van der Waals surface area contributed by atoms with E-state index in [0.717, 1.165) is 16.8 Å². The first-order valence-electron chi connectivity index (χ1n) is 7.07. The van der Waals surface area contributed by atoms with Crippen LogP contribution in [0, 0.1) is 13.8 Å². The fourth-order valence-electron chi connectivity index (χ4n) is 1.84. The summed E-state index contributed by atoms with van der Waals surface area (Å²) in [7, 11) is 0. The van der Waals surface area contributed by atoms with E-state index >= 15 is 0 Å². The molecule has 0 saturated heterocycles.